The molecule has 7 nitrogen and oxygen atoms in total. The monoisotopic (exact) mass is 352 g/mol. The van der Waals surface area contributed by atoms with Crippen molar-refractivity contribution in [1.29, 1.82) is 0 Å². The van der Waals surface area contributed by atoms with E-state index in [4.69, 9.17) is 4.74 Å². The number of methoxy groups -OCH3 is 1. The van der Waals surface area contributed by atoms with Gasteiger partial charge in [0.2, 0.25) is 0 Å². The Balaban J connectivity index is 1.36. The van der Waals surface area contributed by atoms with Gasteiger partial charge >= 0.3 is 0 Å². The molecule has 0 spiro atoms. The van der Waals surface area contributed by atoms with Crippen LogP contribution in [0.15, 0.2) is 36.7 Å². The smallest absolute Gasteiger partial charge is 0.120 e. The average molecular weight is 352 g/mol. The summed E-state index contributed by atoms with van der Waals surface area (Å²) in [5.41, 5.74) is 3.08. The van der Waals surface area contributed by atoms with Crippen LogP contribution in [0.4, 0.5) is 0 Å². The van der Waals surface area contributed by atoms with Gasteiger partial charge in [0.25, 0.3) is 0 Å². The summed E-state index contributed by atoms with van der Waals surface area (Å²) in [5.74, 6) is 1.89. The number of likely N-dealkylation sites (tertiary alicyclic amines) is 1. The number of hydrogen-bond donors (Lipinski definition) is 1. The molecule has 1 N–H and O–H groups in total. The summed E-state index contributed by atoms with van der Waals surface area (Å²) in [7, 11) is 1.67. The highest BCUT2D eigenvalue weighted by Crippen LogP contribution is 2.25. The molecule has 0 radical (unpaired) electrons. The number of rotatable bonds is 5. The summed E-state index contributed by atoms with van der Waals surface area (Å²) < 4.78 is 7.23. The first-order valence-electron chi connectivity index (χ1n) is 9.00. The predicted molar refractivity (Wildman–Crippen MR) is 98.9 cm³/mol. The third kappa shape index (κ3) is 3.62. The van der Waals surface area contributed by atoms with Crippen molar-refractivity contribution in [2.75, 3.05) is 20.2 Å². The predicted octanol–water partition coefficient (Wildman–Crippen LogP) is 2.82. The molecule has 0 aliphatic carbocycles. The average Bonchev–Trinajstić information content (AvgIpc) is 3.32. The lowest BCUT2D eigenvalue weighted by Crippen LogP contribution is -2.34. The molecule has 1 saturated heterocycles. The maximum absolute atomic E-state index is 5.21. The minimum absolute atomic E-state index is 0.407. The number of nitrogens with one attached hydrogen (secondary N) is 1. The normalized spacial score (nSPS) is 16.1. The Morgan fingerprint density at radius 3 is 2.62 bits per heavy atom. The topological polar surface area (TPSA) is 71.9 Å². The molecule has 136 valence electrons. The van der Waals surface area contributed by atoms with Gasteiger partial charge in [0.05, 0.1) is 25.9 Å². The summed E-state index contributed by atoms with van der Waals surface area (Å²) in [6.45, 7) is 5.01. The van der Waals surface area contributed by atoms with E-state index < -0.39 is 0 Å². The first-order valence-corrected chi connectivity index (χ1v) is 9.00. The van der Waals surface area contributed by atoms with E-state index in [9.17, 15) is 0 Å². The minimum Gasteiger partial charge on any atom is -0.497 e. The van der Waals surface area contributed by atoms with Crippen molar-refractivity contribution in [3.8, 4) is 17.0 Å². The molecule has 0 bridgehead atoms. The van der Waals surface area contributed by atoms with Crippen molar-refractivity contribution < 1.29 is 4.74 Å². The van der Waals surface area contributed by atoms with E-state index in [1.807, 2.05) is 42.1 Å². The molecular weight excluding hydrogens is 328 g/mol. The second kappa shape index (κ2) is 7.29. The number of hydrogen-bond acceptors (Lipinski definition) is 5. The van der Waals surface area contributed by atoms with Crippen molar-refractivity contribution in [2.24, 2.45) is 0 Å². The molecule has 0 atom stereocenters. The fraction of sp³-hybridized carbons (Fsp3) is 0.421. The van der Waals surface area contributed by atoms with Gasteiger partial charge < -0.3 is 9.72 Å². The summed E-state index contributed by atoms with van der Waals surface area (Å²) in [6, 6.07) is 8.33. The minimum atomic E-state index is 0.407. The Labute approximate surface area is 153 Å². The van der Waals surface area contributed by atoms with Crippen molar-refractivity contribution in [1.82, 2.24) is 29.9 Å². The van der Waals surface area contributed by atoms with Crippen LogP contribution in [-0.2, 0) is 6.54 Å². The molecule has 3 aromatic rings. The van der Waals surface area contributed by atoms with E-state index in [0.717, 1.165) is 61.0 Å². The van der Waals surface area contributed by atoms with E-state index in [-0.39, 0.29) is 0 Å². The first-order chi connectivity index (χ1) is 12.7. The molecule has 1 aliphatic rings. The number of aromatic amines is 1. The van der Waals surface area contributed by atoms with Gasteiger partial charge in [0.15, 0.2) is 0 Å². The standard InChI is InChI=1S/C19H24N6O/c1-14-11-20-19(21-14)13-24-9-7-16(8-10-24)25-12-18(22-23-25)15-3-5-17(26-2)6-4-15/h3-6,11-12,16H,7-10,13H2,1-2H3,(H,20,21). The molecule has 1 aromatic carbocycles. The fourth-order valence-electron chi connectivity index (χ4n) is 3.45. The third-order valence-electron chi connectivity index (χ3n) is 4.96. The number of H-pyrrole nitrogens is 1. The summed E-state index contributed by atoms with van der Waals surface area (Å²) >= 11 is 0. The molecule has 1 aliphatic heterocycles. The second-order valence-corrected chi connectivity index (χ2v) is 6.83. The highest BCUT2D eigenvalue weighted by atomic mass is 16.5. The van der Waals surface area contributed by atoms with Gasteiger partial charge in [-0.3, -0.25) is 4.90 Å². The van der Waals surface area contributed by atoms with Gasteiger partial charge in [-0.15, -0.1) is 5.10 Å². The number of benzene rings is 1. The maximum atomic E-state index is 5.21. The lowest BCUT2D eigenvalue weighted by atomic mass is 10.1. The lowest BCUT2D eigenvalue weighted by molar-refractivity contribution is 0.169. The summed E-state index contributed by atoms with van der Waals surface area (Å²) in [6.07, 6.45) is 6.09. The largest absolute Gasteiger partial charge is 0.497 e. The van der Waals surface area contributed by atoms with Gasteiger partial charge in [0.1, 0.15) is 17.3 Å². The molecule has 26 heavy (non-hydrogen) atoms. The van der Waals surface area contributed by atoms with Crippen molar-refractivity contribution in [2.45, 2.75) is 32.4 Å². The second-order valence-electron chi connectivity index (χ2n) is 6.83. The molecule has 7 heteroatoms. The number of aryl methyl sites for hydroxylation is 1. The first kappa shape index (κ1) is 16.8. The number of nitrogens with zero attached hydrogens (tertiary/aromatic N) is 5. The van der Waals surface area contributed by atoms with Crippen LogP contribution in [-0.4, -0.2) is 50.1 Å². The zero-order valence-corrected chi connectivity index (χ0v) is 15.2. The van der Waals surface area contributed by atoms with E-state index >= 15 is 0 Å². The van der Waals surface area contributed by atoms with Crippen molar-refractivity contribution in [3.05, 3.63) is 48.2 Å². The van der Waals surface area contributed by atoms with Crippen LogP contribution in [0, 0.1) is 6.92 Å². The Morgan fingerprint density at radius 1 is 1.19 bits per heavy atom. The summed E-state index contributed by atoms with van der Waals surface area (Å²) in [5, 5.41) is 8.72. The van der Waals surface area contributed by atoms with Crippen LogP contribution >= 0.6 is 0 Å². The quantitative estimate of drug-likeness (QED) is 0.764. The van der Waals surface area contributed by atoms with Gasteiger partial charge in [-0.2, -0.15) is 0 Å². The Morgan fingerprint density at radius 2 is 1.96 bits per heavy atom. The van der Waals surface area contributed by atoms with E-state index in [2.05, 4.69) is 31.4 Å². The molecule has 1 fully saturated rings. The number of imidazole rings is 1. The van der Waals surface area contributed by atoms with Crippen molar-refractivity contribution >= 4 is 0 Å². The van der Waals surface area contributed by atoms with Crippen LogP contribution in [0.5, 0.6) is 5.75 Å². The molecular formula is C19H24N6O. The molecule has 4 rings (SSSR count). The van der Waals surface area contributed by atoms with Crippen LogP contribution in [0.1, 0.15) is 30.4 Å². The number of aromatic nitrogens is 5. The lowest BCUT2D eigenvalue weighted by Gasteiger charge is -2.31. The van der Waals surface area contributed by atoms with Gasteiger partial charge in [0, 0.05) is 30.5 Å². The van der Waals surface area contributed by atoms with Gasteiger partial charge in [-0.25, -0.2) is 9.67 Å². The van der Waals surface area contributed by atoms with E-state index in [1.165, 1.54) is 0 Å². The van der Waals surface area contributed by atoms with Crippen molar-refractivity contribution in [3.63, 3.8) is 0 Å². The van der Waals surface area contributed by atoms with E-state index in [0.29, 0.717) is 6.04 Å². The van der Waals surface area contributed by atoms with Gasteiger partial charge in [-0.05, 0) is 44.0 Å². The van der Waals surface area contributed by atoms with Crippen LogP contribution in [0.2, 0.25) is 0 Å². The van der Waals surface area contributed by atoms with Crippen LogP contribution in [0.3, 0.4) is 0 Å². The Bertz CT molecular complexity index is 845. The van der Waals surface area contributed by atoms with E-state index in [1.54, 1.807) is 7.11 Å². The number of ether oxygens (including phenoxy) is 1. The SMILES string of the molecule is COc1ccc(-c2cn(C3CCN(Cc4ncc(C)[nH]4)CC3)nn2)cc1. The van der Waals surface area contributed by atoms with Gasteiger partial charge in [-0.1, -0.05) is 5.21 Å². The highest BCUT2D eigenvalue weighted by Gasteiger charge is 2.22. The third-order valence-corrected chi connectivity index (χ3v) is 4.96. The zero-order valence-electron chi connectivity index (χ0n) is 15.2. The number of piperidine rings is 1. The molecule has 0 unspecified atom stereocenters. The molecule has 3 heterocycles. The van der Waals surface area contributed by atoms with Crippen LogP contribution in [0.25, 0.3) is 11.3 Å². The molecule has 2 aromatic heterocycles. The molecule has 0 amide bonds. The Kier molecular flexibility index (Phi) is 4.71. The highest BCUT2D eigenvalue weighted by molar-refractivity contribution is 5.58. The fourth-order valence-corrected chi connectivity index (χ4v) is 3.45. The summed E-state index contributed by atoms with van der Waals surface area (Å²) in [4.78, 5) is 10.1. The Hall–Kier alpha value is -2.67. The zero-order chi connectivity index (χ0) is 17.9. The maximum Gasteiger partial charge on any atom is 0.120 e. The molecule has 0 saturated carbocycles. The van der Waals surface area contributed by atoms with Crippen LogP contribution < -0.4 is 4.74 Å².